The van der Waals surface area contributed by atoms with E-state index in [4.69, 9.17) is 15.3 Å². The molecule has 0 bridgehead atoms. The fourth-order valence-electron chi connectivity index (χ4n) is 2.52. The van der Waals surface area contributed by atoms with Crippen LogP contribution in [0, 0.1) is 0 Å². The van der Waals surface area contributed by atoms with Gasteiger partial charge in [-0.2, -0.15) is 0 Å². The molecular weight excluding hydrogens is 304 g/mol. The van der Waals surface area contributed by atoms with Crippen molar-refractivity contribution in [2.24, 2.45) is 5.84 Å². The summed E-state index contributed by atoms with van der Waals surface area (Å²) in [7, 11) is 0. The van der Waals surface area contributed by atoms with Crippen molar-refractivity contribution in [2.45, 2.75) is 82.6 Å². The van der Waals surface area contributed by atoms with Gasteiger partial charge in [-0.25, -0.2) is 5.84 Å². The average Bonchev–Trinajstić information content (AvgIpc) is 2.55. The second-order valence-electron chi connectivity index (χ2n) is 5.99. The van der Waals surface area contributed by atoms with Gasteiger partial charge in [0.2, 0.25) is 5.91 Å². The topological polar surface area (TPSA) is 134 Å². The van der Waals surface area contributed by atoms with Gasteiger partial charge in [0.15, 0.2) is 6.29 Å². The molecule has 0 aliphatic carbocycles. The smallest absolute Gasteiger partial charge is 0.233 e. The Balaban J connectivity index is 2.01. The third-order valence-corrected chi connectivity index (χ3v) is 4.05. The Labute approximate surface area is 136 Å². The van der Waals surface area contributed by atoms with Crippen LogP contribution in [0.4, 0.5) is 0 Å². The van der Waals surface area contributed by atoms with Crippen LogP contribution in [0.5, 0.6) is 0 Å². The Morgan fingerprint density at radius 1 is 1.04 bits per heavy atom. The molecule has 0 spiro atoms. The van der Waals surface area contributed by atoms with Crippen LogP contribution < -0.4 is 11.3 Å². The predicted octanol–water partition coefficient (Wildman–Crippen LogP) is -0.449. The van der Waals surface area contributed by atoms with Gasteiger partial charge in [0, 0.05) is 13.0 Å². The Kier molecular flexibility index (Phi) is 9.61. The summed E-state index contributed by atoms with van der Waals surface area (Å²) in [5.74, 6) is 4.86. The average molecular weight is 334 g/mol. The van der Waals surface area contributed by atoms with Crippen LogP contribution in [0.1, 0.15) is 51.9 Å². The molecule has 5 atom stereocenters. The monoisotopic (exact) mass is 334 g/mol. The van der Waals surface area contributed by atoms with Crippen molar-refractivity contribution in [3.63, 3.8) is 0 Å². The van der Waals surface area contributed by atoms with Gasteiger partial charge in [-0.1, -0.05) is 25.7 Å². The van der Waals surface area contributed by atoms with Crippen LogP contribution in [-0.2, 0) is 14.3 Å². The minimum absolute atomic E-state index is 0.133. The maximum absolute atomic E-state index is 10.9. The Morgan fingerprint density at radius 2 is 1.65 bits per heavy atom. The van der Waals surface area contributed by atoms with Crippen molar-refractivity contribution >= 4 is 5.91 Å². The third-order valence-electron chi connectivity index (χ3n) is 4.05. The van der Waals surface area contributed by atoms with Gasteiger partial charge in [-0.05, 0) is 19.8 Å². The van der Waals surface area contributed by atoms with Gasteiger partial charge < -0.3 is 24.8 Å². The van der Waals surface area contributed by atoms with Crippen LogP contribution >= 0.6 is 0 Å². The fraction of sp³-hybridized carbons (Fsp3) is 0.933. The van der Waals surface area contributed by atoms with Gasteiger partial charge in [0.25, 0.3) is 0 Å². The molecule has 0 aromatic heterocycles. The summed E-state index contributed by atoms with van der Waals surface area (Å²) >= 11 is 0. The molecule has 6 N–H and O–H groups in total. The number of aliphatic hydroxyl groups excluding tert-OH is 3. The quantitative estimate of drug-likeness (QED) is 0.158. The molecule has 0 unspecified atom stereocenters. The maximum atomic E-state index is 10.9. The molecule has 1 fully saturated rings. The Hall–Kier alpha value is -0.770. The molecule has 1 saturated heterocycles. The van der Waals surface area contributed by atoms with Gasteiger partial charge in [-0.15, -0.1) is 0 Å². The Morgan fingerprint density at radius 3 is 2.30 bits per heavy atom. The summed E-state index contributed by atoms with van der Waals surface area (Å²) in [4.78, 5) is 10.9. The molecule has 0 aromatic rings. The highest BCUT2D eigenvalue weighted by Gasteiger charge is 2.42. The van der Waals surface area contributed by atoms with Gasteiger partial charge in [0.1, 0.15) is 18.3 Å². The molecular formula is C15H30N2O6. The van der Waals surface area contributed by atoms with E-state index in [1.165, 1.54) is 0 Å². The molecule has 1 heterocycles. The summed E-state index contributed by atoms with van der Waals surface area (Å²) in [6.07, 6.45) is 1.08. The number of ether oxygens (including phenoxy) is 2. The lowest BCUT2D eigenvalue weighted by atomic mass is 10.00. The van der Waals surface area contributed by atoms with E-state index in [0.29, 0.717) is 13.0 Å². The van der Waals surface area contributed by atoms with E-state index >= 15 is 0 Å². The number of nitrogens with two attached hydrogens (primary N) is 1. The van der Waals surface area contributed by atoms with Crippen molar-refractivity contribution in [1.29, 1.82) is 0 Å². The van der Waals surface area contributed by atoms with Crippen LogP contribution in [0.2, 0.25) is 0 Å². The fourth-order valence-corrected chi connectivity index (χ4v) is 2.52. The van der Waals surface area contributed by atoms with Crippen molar-refractivity contribution in [1.82, 2.24) is 5.43 Å². The van der Waals surface area contributed by atoms with E-state index < -0.39 is 30.7 Å². The summed E-state index contributed by atoms with van der Waals surface area (Å²) in [5, 5.41) is 29.0. The minimum atomic E-state index is -1.26. The zero-order valence-electron chi connectivity index (χ0n) is 13.7. The normalized spacial score (nSPS) is 31.1. The van der Waals surface area contributed by atoms with Crippen LogP contribution in [0.15, 0.2) is 0 Å². The molecule has 0 radical (unpaired) electrons. The number of nitrogens with one attached hydrogen (secondary N) is 1. The molecule has 1 aliphatic heterocycles. The third kappa shape index (κ3) is 7.11. The van der Waals surface area contributed by atoms with E-state index in [0.717, 1.165) is 38.5 Å². The van der Waals surface area contributed by atoms with Crippen LogP contribution in [0.3, 0.4) is 0 Å². The highest BCUT2D eigenvalue weighted by molar-refractivity contribution is 5.74. The zero-order chi connectivity index (χ0) is 17.2. The number of amides is 1. The first-order valence-corrected chi connectivity index (χ1v) is 8.28. The first kappa shape index (κ1) is 20.3. The van der Waals surface area contributed by atoms with Crippen molar-refractivity contribution < 1.29 is 29.6 Å². The van der Waals surface area contributed by atoms with E-state index in [2.05, 4.69) is 5.43 Å². The highest BCUT2D eigenvalue weighted by Crippen LogP contribution is 2.22. The SMILES string of the molecule is C[C@@H]1O[C@H](OCCCCCCCCC(=O)NN)[C@@H](O)[C@H](O)[C@@H]1O. The largest absolute Gasteiger partial charge is 0.388 e. The molecule has 0 aromatic carbocycles. The number of aliphatic hydroxyl groups is 3. The lowest BCUT2D eigenvalue weighted by molar-refractivity contribution is -0.293. The van der Waals surface area contributed by atoms with Crippen molar-refractivity contribution in [3.05, 3.63) is 0 Å². The van der Waals surface area contributed by atoms with Crippen LogP contribution in [0.25, 0.3) is 0 Å². The van der Waals surface area contributed by atoms with Gasteiger partial charge in [0.05, 0.1) is 6.10 Å². The second-order valence-corrected chi connectivity index (χ2v) is 5.99. The number of hydrogen-bond acceptors (Lipinski definition) is 7. The minimum Gasteiger partial charge on any atom is -0.388 e. The molecule has 1 rings (SSSR count). The second kappa shape index (κ2) is 10.9. The molecule has 0 saturated carbocycles. The number of carbonyl (C=O) groups is 1. The maximum Gasteiger partial charge on any atom is 0.233 e. The van der Waals surface area contributed by atoms with Crippen molar-refractivity contribution in [2.75, 3.05) is 6.61 Å². The van der Waals surface area contributed by atoms with Gasteiger partial charge >= 0.3 is 0 Å². The van der Waals surface area contributed by atoms with E-state index in [1.54, 1.807) is 6.92 Å². The lowest BCUT2D eigenvalue weighted by Crippen LogP contribution is -2.57. The molecule has 8 nitrogen and oxygen atoms in total. The number of unbranched alkanes of at least 4 members (excludes halogenated alkanes) is 5. The highest BCUT2D eigenvalue weighted by atomic mass is 16.7. The summed E-state index contributed by atoms with van der Waals surface area (Å²) in [5.41, 5.74) is 2.11. The first-order chi connectivity index (χ1) is 11.0. The summed E-state index contributed by atoms with van der Waals surface area (Å²) in [6.45, 7) is 2.05. The lowest BCUT2D eigenvalue weighted by Gasteiger charge is -2.38. The van der Waals surface area contributed by atoms with Crippen molar-refractivity contribution in [3.8, 4) is 0 Å². The standard InChI is InChI=1S/C15H30N2O6/c1-10-12(19)13(20)14(21)15(23-10)22-9-7-5-3-2-4-6-8-11(18)17-16/h10,12-15,19-21H,2-9,16H2,1H3,(H,17,18)/t10-,12+,13+,14-,15-/m0/s1. The number of carbonyl (C=O) groups excluding carboxylic acids is 1. The number of rotatable bonds is 10. The predicted molar refractivity (Wildman–Crippen MR) is 83.0 cm³/mol. The van der Waals surface area contributed by atoms with E-state index in [1.807, 2.05) is 0 Å². The number of hydrazine groups is 1. The Bertz CT molecular complexity index is 344. The molecule has 1 aliphatic rings. The number of hydrogen-bond donors (Lipinski definition) is 5. The molecule has 136 valence electrons. The molecule has 1 amide bonds. The zero-order valence-corrected chi connectivity index (χ0v) is 13.7. The summed E-state index contributed by atoms with van der Waals surface area (Å²) < 4.78 is 10.8. The molecule has 23 heavy (non-hydrogen) atoms. The van der Waals surface area contributed by atoms with Crippen LogP contribution in [-0.4, -0.2) is 58.5 Å². The van der Waals surface area contributed by atoms with E-state index in [9.17, 15) is 20.1 Å². The van der Waals surface area contributed by atoms with Gasteiger partial charge in [-0.3, -0.25) is 10.2 Å². The first-order valence-electron chi connectivity index (χ1n) is 8.28. The molecule has 8 heteroatoms. The van der Waals surface area contributed by atoms with E-state index in [-0.39, 0.29) is 5.91 Å². The summed E-state index contributed by atoms with van der Waals surface area (Å²) in [6, 6.07) is 0.